The molecule has 0 aliphatic heterocycles. The zero-order valence-corrected chi connectivity index (χ0v) is 29.2. The molecule has 10 aromatic rings. The first-order valence-corrected chi connectivity index (χ1v) is 18.8. The normalized spacial score (nSPS) is 11.5. The number of hydrogen-bond donors (Lipinski definition) is 0. The molecular weight excluding hydrogens is 657 g/mol. The Morgan fingerprint density at radius 2 is 1.08 bits per heavy atom. The lowest BCUT2D eigenvalue weighted by molar-refractivity contribution is 1.31. The third kappa shape index (κ3) is 5.20. The van der Waals surface area contributed by atoms with Crippen LogP contribution >= 0.6 is 22.7 Å². The van der Waals surface area contributed by atoms with E-state index in [4.69, 9.17) is 4.98 Å². The van der Waals surface area contributed by atoms with Gasteiger partial charge in [0.2, 0.25) is 0 Å². The molecule has 0 amide bonds. The van der Waals surface area contributed by atoms with E-state index in [2.05, 4.69) is 187 Å². The minimum atomic E-state index is 1.05. The molecule has 2 heterocycles. The Labute approximate surface area is 304 Å². The fraction of sp³-hybridized carbons (Fsp3) is 0. The van der Waals surface area contributed by atoms with Crippen LogP contribution < -0.4 is 4.90 Å². The van der Waals surface area contributed by atoms with Crippen molar-refractivity contribution in [3.63, 3.8) is 0 Å². The number of fused-ring (bicyclic) bond motifs is 5. The SMILES string of the molecule is c1ccc(-c2ccc(N(c3ccc4ccccc4c3-c3ccccc3)c3cccc4sc5cc6nc(-c7ccccc7)sc6cc5c34)cc2)cc1. The van der Waals surface area contributed by atoms with Gasteiger partial charge in [0.15, 0.2) is 0 Å². The van der Waals surface area contributed by atoms with Gasteiger partial charge in [-0.3, -0.25) is 0 Å². The zero-order chi connectivity index (χ0) is 33.7. The molecule has 240 valence electrons. The Balaban J connectivity index is 1.24. The summed E-state index contributed by atoms with van der Waals surface area (Å²) in [6, 6.07) is 65.7. The van der Waals surface area contributed by atoms with Crippen LogP contribution in [0.25, 0.3) is 74.0 Å². The average molecular weight is 687 g/mol. The Bertz CT molecular complexity index is 2840. The highest BCUT2D eigenvalue weighted by Gasteiger charge is 2.23. The number of rotatable bonds is 6. The molecule has 0 N–H and O–H groups in total. The van der Waals surface area contributed by atoms with Crippen molar-refractivity contribution in [1.82, 2.24) is 4.98 Å². The summed E-state index contributed by atoms with van der Waals surface area (Å²) < 4.78 is 3.71. The summed E-state index contributed by atoms with van der Waals surface area (Å²) in [5.41, 5.74) is 10.4. The van der Waals surface area contributed by atoms with Crippen LogP contribution in [-0.4, -0.2) is 4.98 Å². The lowest BCUT2D eigenvalue weighted by Crippen LogP contribution is -2.12. The van der Waals surface area contributed by atoms with E-state index in [-0.39, 0.29) is 0 Å². The number of thiophene rings is 1. The summed E-state index contributed by atoms with van der Waals surface area (Å²) in [4.78, 5) is 7.55. The highest BCUT2D eigenvalue weighted by molar-refractivity contribution is 7.26. The number of nitrogens with zero attached hydrogens (tertiary/aromatic N) is 2. The van der Waals surface area contributed by atoms with Crippen molar-refractivity contribution < 1.29 is 0 Å². The van der Waals surface area contributed by atoms with E-state index in [1.54, 1.807) is 11.3 Å². The second-order valence-corrected chi connectivity index (χ2v) is 14.9. The van der Waals surface area contributed by atoms with Crippen LogP contribution in [0.2, 0.25) is 0 Å². The molecule has 51 heavy (non-hydrogen) atoms. The summed E-state index contributed by atoms with van der Waals surface area (Å²) in [7, 11) is 0. The van der Waals surface area contributed by atoms with Gasteiger partial charge in [-0.25, -0.2) is 4.98 Å². The highest BCUT2D eigenvalue weighted by Crippen LogP contribution is 2.49. The fourth-order valence-electron chi connectivity index (χ4n) is 7.31. The second-order valence-electron chi connectivity index (χ2n) is 12.7. The summed E-state index contributed by atoms with van der Waals surface area (Å²) in [6.07, 6.45) is 0. The molecule has 0 fully saturated rings. The van der Waals surface area contributed by atoms with Gasteiger partial charge in [0, 0.05) is 37.0 Å². The summed E-state index contributed by atoms with van der Waals surface area (Å²) >= 11 is 3.61. The van der Waals surface area contributed by atoms with Crippen LogP contribution in [0, 0.1) is 0 Å². The standard InChI is InChI=1S/C47H30N2S2/c1-4-13-31(14-5-1)32-23-26-36(27-24-32)49(41-28-25-33-15-10-11-20-37(33)45(41)34-16-6-2-7-17-34)40-21-12-22-42-46(40)38-29-44-39(30-43(38)50-42)48-47(51-44)35-18-8-3-9-19-35/h1-30H. The van der Waals surface area contributed by atoms with Gasteiger partial charge in [0.1, 0.15) is 5.01 Å². The predicted molar refractivity (Wildman–Crippen MR) is 221 cm³/mol. The molecular formula is C47H30N2S2. The minimum absolute atomic E-state index is 1.05. The van der Waals surface area contributed by atoms with E-state index in [1.807, 2.05) is 11.3 Å². The molecule has 8 aromatic carbocycles. The van der Waals surface area contributed by atoms with Gasteiger partial charge in [-0.15, -0.1) is 22.7 Å². The lowest BCUT2D eigenvalue weighted by atomic mass is 9.94. The van der Waals surface area contributed by atoms with Gasteiger partial charge in [-0.05, 0) is 69.9 Å². The Morgan fingerprint density at radius 1 is 0.412 bits per heavy atom. The average Bonchev–Trinajstić information content (AvgIpc) is 3.79. The number of anilines is 3. The van der Waals surface area contributed by atoms with Gasteiger partial charge in [-0.2, -0.15) is 0 Å². The maximum Gasteiger partial charge on any atom is 0.124 e. The van der Waals surface area contributed by atoms with E-state index in [9.17, 15) is 0 Å². The third-order valence-corrected chi connectivity index (χ3v) is 11.9. The van der Waals surface area contributed by atoms with Crippen LogP contribution in [-0.2, 0) is 0 Å². The van der Waals surface area contributed by atoms with E-state index in [1.165, 1.54) is 57.9 Å². The quantitative estimate of drug-likeness (QED) is 0.173. The molecule has 0 saturated carbocycles. The molecule has 0 saturated heterocycles. The number of hydrogen-bond acceptors (Lipinski definition) is 4. The molecule has 2 nitrogen and oxygen atoms in total. The van der Waals surface area contributed by atoms with Crippen molar-refractivity contribution in [2.45, 2.75) is 0 Å². The van der Waals surface area contributed by atoms with Gasteiger partial charge < -0.3 is 4.90 Å². The molecule has 0 radical (unpaired) electrons. The topological polar surface area (TPSA) is 16.1 Å². The van der Waals surface area contributed by atoms with Crippen LogP contribution in [0.1, 0.15) is 0 Å². The Morgan fingerprint density at radius 3 is 1.84 bits per heavy atom. The van der Waals surface area contributed by atoms with Crippen LogP contribution in [0.15, 0.2) is 182 Å². The maximum atomic E-state index is 5.08. The molecule has 4 heteroatoms. The molecule has 0 atom stereocenters. The molecule has 0 bridgehead atoms. The lowest BCUT2D eigenvalue weighted by Gasteiger charge is -2.29. The number of aromatic nitrogens is 1. The van der Waals surface area contributed by atoms with Crippen molar-refractivity contribution in [3.05, 3.63) is 182 Å². The minimum Gasteiger partial charge on any atom is -0.309 e. The molecule has 10 rings (SSSR count). The third-order valence-electron chi connectivity index (χ3n) is 9.69. The molecule has 2 aromatic heterocycles. The van der Waals surface area contributed by atoms with Crippen LogP contribution in [0.5, 0.6) is 0 Å². The van der Waals surface area contributed by atoms with Gasteiger partial charge in [-0.1, -0.05) is 140 Å². The van der Waals surface area contributed by atoms with Crippen molar-refractivity contribution in [2.24, 2.45) is 0 Å². The van der Waals surface area contributed by atoms with Gasteiger partial charge in [0.05, 0.1) is 21.6 Å². The summed E-state index contributed by atoms with van der Waals surface area (Å²) in [6.45, 7) is 0. The molecule has 0 unspecified atom stereocenters. The smallest absolute Gasteiger partial charge is 0.124 e. The first kappa shape index (κ1) is 29.8. The van der Waals surface area contributed by atoms with Crippen molar-refractivity contribution in [1.29, 1.82) is 0 Å². The van der Waals surface area contributed by atoms with Crippen molar-refractivity contribution in [2.75, 3.05) is 4.90 Å². The zero-order valence-electron chi connectivity index (χ0n) is 27.5. The van der Waals surface area contributed by atoms with E-state index in [0.717, 1.165) is 33.1 Å². The van der Waals surface area contributed by atoms with Crippen molar-refractivity contribution in [3.8, 4) is 32.8 Å². The first-order valence-electron chi connectivity index (χ1n) is 17.1. The van der Waals surface area contributed by atoms with Crippen LogP contribution in [0.4, 0.5) is 17.1 Å². The number of benzene rings is 8. The maximum absolute atomic E-state index is 5.08. The number of thiazole rings is 1. The van der Waals surface area contributed by atoms with E-state index in [0.29, 0.717) is 0 Å². The summed E-state index contributed by atoms with van der Waals surface area (Å²) in [5, 5.41) is 6.02. The molecule has 0 aliphatic rings. The predicted octanol–water partition coefficient (Wildman–Crippen LogP) is 14.3. The fourth-order valence-corrected chi connectivity index (χ4v) is 9.45. The largest absolute Gasteiger partial charge is 0.309 e. The molecule has 0 spiro atoms. The monoisotopic (exact) mass is 686 g/mol. The highest BCUT2D eigenvalue weighted by atomic mass is 32.1. The molecule has 0 aliphatic carbocycles. The Hall–Kier alpha value is -6.07. The van der Waals surface area contributed by atoms with E-state index < -0.39 is 0 Å². The first-order chi connectivity index (χ1) is 25.3. The van der Waals surface area contributed by atoms with E-state index >= 15 is 0 Å². The second kappa shape index (κ2) is 12.4. The summed E-state index contributed by atoms with van der Waals surface area (Å²) in [5.74, 6) is 0. The van der Waals surface area contributed by atoms with Gasteiger partial charge in [0.25, 0.3) is 0 Å². The Kier molecular flexibility index (Phi) is 7.23. The van der Waals surface area contributed by atoms with Crippen molar-refractivity contribution >= 4 is 80.9 Å². The van der Waals surface area contributed by atoms with Crippen LogP contribution in [0.3, 0.4) is 0 Å². The van der Waals surface area contributed by atoms with Gasteiger partial charge >= 0.3 is 0 Å².